The fourth-order valence-corrected chi connectivity index (χ4v) is 3.49. The molecule has 1 heterocycles. The number of halogens is 2. The van der Waals surface area contributed by atoms with Crippen molar-refractivity contribution in [2.45, 2.75) is 20.0 Å². The molecule has 1 unspecified atom stereocenters. The van der Waals surface area contributed by atoms with E-state index in [0.29, 0.717) is 5.56 Å². The van der Waals surface area contributed by atoms with Crippen molar-refractivity contribution in [3.63, 3.8) is 0 Å². The molecule has 0 aliphatic heterocycles. The van der Waals surface area contributed by atoms with Gasteiger partial charge in [-0.3, -0.25) is 0 Å². The molecule has 17 heavy (non-hydrogen) atoms. The maximum Gasteiger partial charge on any atom is 0.129 e. The largest absolute Gasteiger partial charge is 0.383 e. The number of hydrogen-bond donors (Lipinski definition) is 1. The Kier molecular flexibility index (Phi) is 3.66. The molecule has 2 rings (SSSR count). The highest BCUT2D eigenvalue weighted by Crippen LogP contribution is 2.35. The highest BCUT2D eigenvalue weighted by atomic mass is 79.9. The van der Waals surface area contributed by atoms with E-state index in [0.717, 1.165) is 20.5 Å². The van der Waals surface area contributed by atoms with Gasteiger partial charge in [-0.25, -0.2) is 4.39 Å². The summed E-state index contributed by atoms with van der Waals surface area (Å²) in [6.07, 6.45) is -0.912. The molecule has 1 aromatic carbocycles. The second-order valence-corrected chi connectivity index (χ2v) is 5.81. The smallest absolute Gasteiger partial charge is 0.129 e. The van der Waals surface area contributed by atoms with Crippen molar-refractivity contribution in [2.75, 3.05) is 0 Å². The number of rotatable bonds is 2. The molecule has 0 bridgehead atoms. The minimum atomic E-state index is -0.912. The van der Waals surface area contributed by atoms with Gasteiger partial charge < -0.3 is 5.11 Å². The fourth-order valence-electron chi connectivity index (χ4n) is 1.90. The topological polar surface area (TPSA) is 20.2 Å². The Labute approximate surface area is 112 Å². The molecule has 0 aliphatic rings. The minimum absolute atomic E-state index is 0.352. The van der Waals surface area contributed by atoms with E-state index in [1.165, 1.54) is 17.4 Å². The lowest BCUT2D eigenvalue weighted by molar-refractivity contribution is 0.217. The molecule has 1 N–H and O–H groups in total. The van der Waals surface area contributed by atoms with E-state index < -0.39 is 6.10 Å². The number of aliphatic hydroxyl groups excluding tert-OH is 1. The standard InChI is InChI=1S/C13H12BrFOS/c1-7-5-8(2)11(10(15)6-7)12(16)13-9(14)3-4-17-13/h3-6,12,16H,1-2H3. The molecule has 0 saturated carbocycles. The molecule has 1 aromatic heterocycles. The van der Waals surface area contributed by atoms with E-state index >= 15 is 0 Å². The van der Waals surface area contributed by atoms with Gasteiger partial charge in [0, 0.05) is 10.0 Å². The normalized spacial score (nSPS) is 12.8. The molecule has 0 radical (unpaired) electrons. The van der Waals surface area contributed by atoms with Crippen molar-refractivity contribution in [1.82, 2.24) is 0 Å². The summed E-state index contributed by atoms with van der Waals surface area (Å²) in [5, 5.41) is 12.1. The fraction of sp³-hybridized carbons (Fsp3) is 0.231. The van der Waals surface area contributed by atoms with Gasteiger partial charge in [0.1, 0.15) is 11.9 Å². The van der Waals surface area contributed by atoms with E-state index in [4.69, 9.17) is 0 Å². The summed E-state index contributed by atoms with van der Waals surface area (Å²) < 4.78 is 14.7. The Morgan fingerprint density at radius 2 is 2.06 bits per heavy atom. The zero-order chi connectivity index (χ0) is 12.6. The lowest BCUT2D eigenvalue weighted by Crippen LogP contribution is -2.04. The van der Waals surface area contributed by atoms with Crippen molar-refractivity contribution in [2.24, 2.45) is 0 Å². The van der Waals surface area contributed by atoms with Crippen LogP contribution < -0.4 is 0 Å². The van der Waals surface area contributed by atoms with Crippen LogP contribution in [0, 0.1) is 19.7 Å². The van der Waals surface area contributed by atoms with Crippen molar-refractivity contribution >= 4 is 27.3 Å². The van der Waals surface area contributed by atoms with Crippen LogP contribution >= 0.6 is 27.3 Å². The molecule has 0 fully saturated rings. The number of thiophene rings is 1. The van der Waals surface area contributed by atoms with Crippen LogP contribution in [-0.2, 0) is 0 Å². The molecule has 90 valence electrons. The quantitative estimate of drug-likeness (QED) is 0.873. The van der Waals surface area contributed by atoms with Crippen LogP contribution in [0.25, 0.3) is 0 Å². The summed E-state index contributed by atoms with van der Waals surface area (Å²) in [5.41, 5.74) is 2.00. The zero-order valence-corrected chi connectivity index (χ0v) is 11.9. The monoisotopic (exact) mass is 314 g/mol. The zero-order valence-electron chi connectivity index (χ0n) is 9.50. The van der Waals surface area contributed by atoms with Gasteiger partial charge in [-0.2, -0.15) is 0 Å². The van der Waals surface area contributed by atoms with Gasteiger partial charge in [0.15, 0.2) is 0 Å². The molecule has 1 atom stereocenters. The van der Waals surface area contributed by atoms with E-state index in [1.807, 2.05) is 31.4 Å². The minimum Gasteiger partial charge on any atom is -0.383 e. The summed E-state index contributed by atoms with van der Waals surface area (Å²) in [7, 11) is 0. The predicted molar refractivity (Wildman–Crippen MR) is 72.0 cm³/mol. The predicted octanol–water partition coefficient (Wildman–Crippen LogP) is 4.35. The third-order valence-corrected chi connectivity index (χ3v) is 4.57. The van der Waals surface area contributed by atoms with E-state index in [9.17, 15) is 9.50 Å². The lowest BCUT2D eigenvalue weighted by atomic mass is 9.99. The highest BCUT2D eigenvalue weighted by Gasteiger charge is 2.20. The van der Waals surface area contributed by atoms with Gasteiger partial charge >= 0.3 is 0 Å². The SMILES string of the molecule is Cc1cc(C)c(C(O)c2sccc2Br)c(F)c1. The maximum atomic E-state index is 13.9. The van der Waals surface area contributed by atoms with Gasteiger partial charge in [-0.1, -0.05) is 6.07 Å². The summed E-state index contributed by atoms with van der Waals surface area (Å²) in [5.74, 6) is -0.352. The summed E-state index contributed by atoms with van der Waals surface area (Å²) in [4.78, 5) is 0.732. The Hall–Kier alpha value is -0.710. The second-order valence-electron chi connectivity index (χ2n) is 4.01. The van der Waals surface area contributed by atoms with Crippen LogP contribution in [0.2, 0.25) is 0 Å². The van der Waals surface area contributed by atoms with Gasteiger partial charge in [-0.15, -0.1) is 11.3 Å². The Balaban J connectivity index is 2.51. The van der Waals surface area contributed by atoms with Crippen LogP contribution in [0.5, 0.6) is 0 Å². The third kappa shape index (κ3) is 2.44. The van der Waals surface area contributed by atoms with Crippen LogP contribution in [0.15, 0.2) is 28.1 Å². The van der Waals surface area contributed by atoms with Gasteiger partial charge in [0.05, 0.1) is 4.88 Å². The Bertz CT molecular complexity index is 527. The first kappa shape index (κ1) is 12.7. The lowest BCUT2D eigenvalue weighted by Gasteiger charge is -2.14. The van der Waals surface area contributed by atoms with E-state index in [2.05, 4.69) is 15.9 Å². The van der Waals surface area contributed by atoms with Gasteiger partial charge in [-0.05, 0) is 58.4 Å². The average Bonchev–Trinajstić information content (AvgIpc) is 2.62. The summed E-state index contributed by atoms with van der Waals surface area (Å²) in [6, 6.07) is 5.18. The molecule has 0 spiro atoms. The Morgan fingerprint density at radius 3 is 2.59 bits per heavy atom. The first-order valence-electron chi connectivity index (χ1n) is 5.18. The highest BCUT2D eigenvalue weighted by molar-refractivity contribution is 9.10. The van der Waals surface area contributed by atoms with Crippen LogP contribution in [0.3, 0.4) is 0 Å². The van der Waals surface area contributed by atoms with Crippen molar-refractivity contribution < 1.29 is 9.50 Å². The third-order valence-electron chi connectivity index (χ3n) is 2.65. The maximum absolute atomic E-state index is 13.9. The van der Waals surface area contributed by atoms with Crippen LogP contribution in [0.1, 0.15) is 27.7 Å². The van der Waals surface area contributed by atoms with E-state index in [1.54, 1.807) is 0 Å². The van der Waals surface area contributed by atoms with Crippen LogP contribution in [-0.4, -0.2) is 5.11 Å². The van der Waals surface area contributed by atoms with Crippen LogP contribution in [0.4, 0.5) is 4.39 Å². The van der Waals surface area contributed by atoms with E-state index in [-0.39, 0.29) is 5.82 Å². The van der Waals surface area contributed by atoms with Crippen molar-refractivity contribution in [1.29, 1.82) is 0 Å². The summed E-state index contributed by atoms with van der Waals surface area (Å²) in [6.45, 7) is 3.66. The molecule has 1 nitrogen and oxygen atoms in total. The number of hydrogen-bond acceptors (Lipinski definition) is 2. The van der Waals surface area contributed by atoms with Crippen molar-refractivity contribution in [3.05, 3.63) is 55.4 Å². The number of aryl methyl sites for hydroxylation is 2. The molecular formula is C13H12BrFOS. The molecule has 0 amide bonds. The van der Waals surface area contributed by atoms with Gasteiger partial charge in [0.2, 0.25) is 0 Å². The first-order valence-corrected chi connectivity index (χ1v) is 6.85. The second kappa shape index (κ2) is 4.88. The Morgan fingerprint density at radius 1 is 1.35 bits per heavy atom. The molecule has 0 aliphatic carbocycles. The molecular weight excluding hydrogens is 303 g/mol. The number of aliphatic hydroxyl groups is 1. The first-order chi connectivity index (χ1) is 8.00. The van der Waals surface area contributed by atoms with Crippen molar-refractivity contribution in [3.8, 4) is 0 Å². The molecule has 0 saturated heterocycles. The molecule has 4 heteroatoms. The molecule has 2 aromatic rings. The average molecular weight is 315 g/mol. The van der Waals surface area contributed by atoms with Gasteiger partial charge in [0.25, 0.3) is 0 Å². The summed E-state index contributed by atoms with van der Waals surface area (Å²) >= 11 is 4.77. The number of benzene rings is 1.